The highest BCUT2D eigenvalue weighted by Crippen LogP contribution is 2.30. The molecular formula is C14H21N3O4. The molecular weight excluding hydrogens is 274 g/mol. The van der Waals surface area contributed by atoms with Crippen molar-refractivity contribution in [3.05, 3.63) is 23.8 Å². The van der Waals surface area contributed by atoms with Crippen molar-refractivity contribution in [3.63, 3.8) is 0 Å². The number of amidine groups is 1. The van der Waals surface area contributed by atoms with Crippen molar-refractivity contribution < 1.29 is 19.5 Å². The Hall–Kier alpha value is -2.44. The Kier molecular flexibility index (Phi) is 5.83. The number of ether oxygens (including phenoxy) is 2. The van der Waals surface area contributed by atoms with Crippen molar-refractivity contribution in [2.45, 2.75) is 19.9 Å². The van der Waals surface area contributed by atoms with Gasteiger partial charge in [0.25, 0.3) is 5.91 Å². The Morgan fingerprint density at radius 3 is 2.24 bits per heavy atom. The van der Waals surface area contributed by atoms with E-state index in [9.17, 15) is 4.79 Å². The van der Waals surface area contributed by atoms with Gasteiger partial charge in [0, 0.05) is 6.04 Å². The quantitative estimate of drug-likeness (QED) is 0.357. The Morgan fingerprint density at radius 2 is 1.86 bits per heavy atom. The van der Waals surface area contributed by atoms with E-state index < -0.39 is 0 Å². The van der Waals surface area contributed by atoms with Crippen LogP contribution in [0.4, 0.5) is 0 Å². The third-order valence-electron chi connectivity index (χ3n) is 2.99. The van der Waals surface area contributed by atoms with Crippen LogP contribution in [0, 0.1) is 0 Å². The topological polar surface area (TPSA) is 97.4 Å². The molecule has 0 saturated carbocycles. The lowest BCUT2D eigenvalue weighted by atomic mass is 10.1. The number of rotatable bonds is 6. The standard InChI is InChI=1S/C14H21N3O4/c1-9(2)17(8-12(15)16-19)14(18)13-10(20-3)6-5-7-11(13)21-4/h5-7,9,19H,8H2,1-4H3,(H2,15,16). The summed E-state index contributed by atoms with van der Waals surface area (Å²) < 4.78 is 10.5. The van der Waals surface area contributed by atoms with E-state index in [1.54, 1.807) is 18.2 Å². The second-order valence-electron chi connectivity index (χ2n) is 4.66. The smallest absolute Gasteiger partial charge is 0.262 e. The zero-order chi connectivity index (χ0) is 16.0. The molecule has 0 unspecified atom stereocenters. The van der Waals surface area contributed by atoms with E-state index in [0.29, 0.717) is 17.1 Å². The predicted octanol–water partition coefficient (Wildman–Crippen LogP) is 1.30. The van der Waals surface area contributed by atoms with E-state index in [4.69, 9.17) is 20.4 Å². The van der Waals surface area contributed by atoms with Crippen LogP contribution in [0.25, 0.3) is 0 Å². The Labute approximate surface area is 123 Å². The molecule has 0 spiro atoms. The second-order valence-corrected chi connectivity index (χ2v) is 4.66. The molecule has 0 saturated heterocycles. The number of amides is 1. The molecule has 1 amide bonds. The third-order valence-corrected chi connectivity index (χ3v) is 2.99. The second kappa shape index (κ2) is 7.37. The number of nitrogens with two attached hydrogens (primary N) is 1. The van der Waals surface area contributed by atoms with E-state index in [0.717, 1.165) is 0 Å². The molecule has 0 aliphatic carbocycles. The molecule has 0 fully saturated rings. The molecule has 21 heavy (non-hydrogen) atoms. The maximum atomic E-state index is 12.8. The van der Waals surface area contributed by atoms with Crippen molar-refractivity contribution >= 4 is 11.7 Å². The van der Waals surface area contributed by atoms with Gasteiger partial charge in [-0.15, -0.1) is 0 Å². The molecule has 0 radical (unpaired) electrons. The highest BCUT2D eigenvalue weighted by atomic mass is 16.5. The average molecular weight is 295 g/mol. The average Bonchev–Trinajstić information content (AvgIpc) is 2.50. The van der Waals surface area contributed by atoms with Gasteiger partial charge in [-0.3, -0.25) is 4.79 Å². The molecule has 0 atom stereocenters. The number of carbonyl (C=O) groups excluding carboxylic acids is 1. The monoisotopic (exact) mass is 295 g/mol. The summed E-state index contributed by atoms with van der Waals surface area (Å²) in [6.45, 7) is 3.68. The SMILES string of the molecule is COc1cccc(OC)c1C(=O)N(CC(N)=NO)C(C)C. The molecule has 0 aliphatic rings. The Bertz CT molecular complexity index is 507. The lowest BCUT2D eigenvalue weighted by Crippen LogP contribution is -2.43. The molecule has 0 heterocycles. The summed E-state index contributed by atoms with van der Waals surface area (Å²) >= 11 is 0. The molecule has 7 nitrogen and oxygen atoms in total. The first-order valence-electron chi connectivity index (χ1n) is 6.44. The van der Waals surface area contributed by atoms with Crippen LogP contribution in [0.5, 0.6) is 11.5 Å². The van der Waals surface area contributed by atoms with Gasteiger partial charge < -0.3 is 25.3 Å². The lowest BCUT2D eigenvalue weighted by molar-refractivity contribution is 0.0727. The van der Waals surface area contributed by atoms with Gasteiger partial charge in [0.15, 0.2) is 5.84 Å². The van der Waals surface area contributed by atoms with Crippen molar-refractivity contribution in [2.75, 3.05) is 20.8 Å². The zero-order valence-corrected chi connectivity index (χ0v) is 12.7. The fraction of sp³-hybridized carbons (Fsp3) is 0.429. The summed E-state index contributed by atoms with van der Waals surface area (Å²) in [6.07, 6.45) is 0. The number of oxime groups is 1. The largest absolute Gasteiger partial charge is 0.496 e. The highest BCUT2D eigenvalue weighted by molar-refractivity contribution is 6.01. The molecule has 0 aliphatic heterocycles. The molecule has 116 valence electrons. The summed E-state index contributed by atoms with van der Waals surface area (Å²) in [7, 11) is 2.96. The molecule has 1 rings (SSSR count). The first kappa shape index (κ1) is 16.6. The summed E-state index contributed by atoms with van der Waals surface area (Å²) in [5.74, 6) is 0.450. The van der Waals surface area contributed by atoms with Crippen molar-refractivity contribution in [1.29, 1.82) is 0 Å². The minimum Gasteiger partial charge on any atom is -0.496 e. The number of carbonyl (C=O) groups is 1. The van der Waals surface area contributed by atoms with Crippen molar-refractivity contribution in [1.82, 2.24) is 4.90 Å². The van der Waals surface area contributed by atoms with Crippen LogP contribution in [0.1, 0.15) is 24.2 Å². The fourth-order valence-electron chi connectivity index (χ4n) is 1.90. The molecule has 1 aromatic rings. The lowest BCUT2D eigenvalue weighted by Gasteiger charge is -2.27. The van der Waals surface area contributed by atoms with E-state index in [-0.39, 0.29) is 24.3 Å². The van der Waals surface area contributed by atoms with Crippen molar-refractivity contribution in [3.8, 4) is 11.5 Å². The number of hydrogen-bond acceptors (Lipinski definition) is 5. The molecule has 3 N–H and O–H groups in total. The van der Waals surface area contributed by atoms with Gasteiger partial charge in [-0.2, -0.15) is 0 Å². The van der Waals surface area contributed by atoms with E-state index in [1.165, 1.54) is 19.1 Å². The first-order chi connectivity index (χ1) is 9.96. The number of hydrogen-bond donors (Lipinski definition) is 2. The maximum absolute atomic E-state index is 12.8. The zero-order valence-electron chi connectivity index (χ0n) is 12.7. The van der Waals surface area contributed by atoms with Gasteiger partial charge in [-0.05, 0) is 26.0 Å². The third kappa shape index (κ3) is 3.77. The maximum Gasteiger partial charge on any atom is 0.262 e. The number of nitrogens with zero attached hydrogens (tertiary/aromatic N) is 2. The van der Waals surface area contributed by atoms with Gasteiger partial charge in [-0.25, -0.2) is 0 Å². The summed E-state index contributed by atoms with van der Waals surface area (Å²) in [6, 6.07) is 4.94. The van der Waals surface area contributed by atoms with Crippen molar-refractivity contribution in [2.24, 2.45) is 10.9 Å². The normalized spacial score (nSPS) is 11.4. The van der Waals surface area contributed by atoms with Crippen LogP contribution in [0.15, 0.2) is 23.4 Å². The van der Waals surface area contributed by atoms with E-state index in [1.807, 2.05) is 13.8 Å². The number of methoxy groups -OCH3 is 2. The van der Waals surface area contributed by atoms with Crippen LogP contribution >= 0.6 is 0 Å². The molecule has 0 bridgehead atoms. The van der Waals surface area contributed by atoms with Gasteiger partial charge >= 0.3 is 0 Å². The van der Waals surface area contributed by atoms with Gasteiger partial charge in [0.1, 0.15) is 17.1 Å². The minimum atomic E-state index is -0.314. The van der Waals surface area contributed by atoms with Crippen LogP contribution in [0.3, 0.4) is 0 Å². The van der Waals surface area contributed by atoms with Crippen LogP contribution in [-0.4, -0.2) is 48.7 Å². The van der Waals surface area contributed by atoms with Crippen LogP contribution in [-0.2, 0) is 0 Å². The molecule has 1 aromatic carbocycles. The minimum absolute atomic E-state index is 0.00814. The Balaban J connectivity index is 3.26. The molecule has 0 aromatic heterocycles. The van der Waals surface area contributed by atoms with Gasteiger partial charge in [0.2, 0.25) is 0 Å². The van der Waals surface area contributed by atoms with Crippen LogP contribution < -0.4 is 15.2 Å². The van der Waals surface area contributed by atoms with E-state index >= 15 is 0 Å². The van der Waals surface area contributed by atoms with Gasteiger partial charge in [-0.1, -0.05) is 11.2 Å². The van der Waals surface area contributed by atoms with E-state index in [2.05, 4.69) is 5.16 Å². The van der Waals surface area contributed by atoms with Crippen LogP contribution in [0.2, 0.25) is 0 Å². The first-order valence-corrected chi connectivity index (χ1v) is 6.44. The Morgan fingerprint density at radius 1 is 1.33 bits per heavy atom. The summed E-state index contributed by atoms with van der Waals surface area (Å²) in [5, 5.41) is 11.6. The summed E-state index contributed by atoms with van der Waals surface area (Å²) in [5.41, 5.74) is 5.82. The predicted molar refractivity (Wildman–Crippen MR) is 79.1 cm³/mol. The molecule has 7 heteroatoms. The fourth-order valence-corrected chi connectivity index (χ4v) is 1.90. The highest BCUT2D eigenvalue weighted by Gasteiger charge is 2.26. The number of benzene rings is 1. The van der Waals surface area contributed by atoms with Gasteiger partial charge in [0.05, 0.1) is 20.8 Å². The summed E-state index contributed by atoms with van der Waals surface area (Å²) in [4.78, 5) is 14.2.